The SMILES string of the molecule is Cc1ncc(-c2cc3oc(=O)c4cc(-c5cnc(C)[nH]5)cc5c(=O)oc(c2)c3c45)[nH]1. The predicted molar refractivity (Wildman–Crippen MR) is 112 cm³/mol. The normalized spacial score (nSPS) is 11.9. The Hall–Kier alpha value is -4.20. The molecule has 0 bridgehead atoms. The lowest BCUT2D eigenvalue weighted by Gasteiger charge is -2.10. The van der Waals surface area contributed by atoms with Gasteiger partial charge in [0.25, 0.3) is 0 Å². The lowest BCUT2D eigenvalue weighted by atomic mass is 9.98. The van der Waals surface area contributed by atoms with Gasteiger partial charge in [-0.3, -0.25) is 0 Å². The second-order valence-corrected chi connectivity index (χ2v) is 7.34. The molecule has 0 aliphatic carbocycles. The van der Waals surface area contributed by atoms with Crippen LogP contribution in [0.2, 0.25) is 0 Å². The highest BCUT2D eigenvalue weighted by molar-refractivity contribution is 6.20. The maximum Gasteiger partial charge on any atom is 0.344 e. The first kappa shape index (κ1) is 16.7. The van der Waals surface area contributed by atoms with Crippen LogP contribution in [0.4, 0.5) is 0 Å². The van der Waals surface area contributed by atoms with Crippen LogP contribution >= 0.6 is 0 Å². The van der Waals surface area contributed by atoms with E-state index in [2.05, 4.69) is 19.9 Å². The minimum absolute atomic E-state index is 0.324. The second kappa shape index (κ2) is 5.66. The zero-order valence-electron chi connectivity index (χ0n) is 16.0. The van der Waals surface area contributed by atoms with Crippen molar-refractivity contribution >= 4 is 32.7 Å². The molecule has 0 fully saturated rings. The van der Waals surface area contributed by atoms with Crippen molar-refractivity contribution < 1.29 is 8.83 Å². The van der Waals surface area contributed by atoms with Crippen molar-refractivity contribution in [2.45, 2.75) is 13.8 Å². The Kier molecular flexibility index (Phi) is 3.16. The summed E-state index contributed by atoms with van der Waals surface area (Å²) in [6, 6.07) is 6.93. The van der Waals surface area contributed by atoms with E-state index in [0.717, 1.165) is 17.3 Å². The molecule has 6 aromatic rings. The standard InChI is InChI=1S/C22H14N4O4/c1-9-23-7-15(25-9)11-3-13-19-14(4-11)22(28)30-18-6-12(16-8-24-10(2)26-16)5-17(20(18)19)29-21(13)27/h3-8H,1-2H3,(H,23,25)(H,24,26). The van der Waals surface area contributed by atoms with E-state index in [9.17, 15) is 9.59 Å². The van der Waals surface area contributed by atoms with E-state index in [-0.39, 0.29) is 0 Å². The molecule has 0 radical (unpaired) electrons. The molecule has 4 aromatic heterocycles. The molecule has 0 saturated heterocycles. The third-order valence-electron chi connectivity index (χ3n) is 5.33. The molecule has 0 unspecified atom stereocenters. The lowest BCUT2D eigenvalue weighted by Crippen LogP contribution is -2.07. The highest BCUT2D eigenvalue weighted by Crippen LogP contribution is 2.36. The van der Waals surface area contributed by atoms with Crippen molar-refractivity contribution in [1.82, 2.24) is 19.9 Å². The molecule has 2 aromatic carbocycles. The van der Waals surface area contributed by atoms with Crippen LogP contribution in [-0.2, 0) is 0 Å². The van der Waals surface area contributed by atoms with Crippen LogP contribution in [0.5, 0.6) is 0 Å². The quantitative estimate of drug-likeness (QED) is 0.337. The van der Waals surface area contributed by atoms with E-state index >= 15 is 0 Å². The third kappa shape index (κ3) is 2.27. The van der Waals surface area contributed by atoms with Crippen molar-refractivity contribution in [2.75, 3.05) is 0 Å². The molecule has 0 saturated carbocycles. The topological polar surface area (TPSA) is 118 Å². The average molecular weight is 398 g/mol. The summed E-state index contributed by atoms with van der Waals surface area (Å²) in [5.74, 6) is 1.48. The highest BCUT2D eigenvalue weighted by Gasteiger charge is 2.20. The Balaban J connectivity index is 1.74. The monoisotopic (exact) mass is 398 g/mol. The highest BCUT2D eigenvalue weighted by atomic mass is 16.4. The molecule has 146 valence electrons. The minimum Gasteiger partial charge on any atom is -0.422 e. The second-order valence-electron chi connectivity index (χ2n) is 7.34. The van der Waals surface area contributed by atoms with Crippen LogP contribution in [0.15, 0.2) is 55.1 Å². The summed E-state index contributed by atoms with van der Waals surface area (Å²) in [5, 5.41) is 1.79. The van der Waals surface area contributed by atoms with Gasteiger partial charge in [0.05, 0.1) is 39.9 Å². The molecule has 2 N–H and O–H groups in total. The number of benzene rings is 2. The minimum atomic E-state index is -0.518. The first-order valence-electron chi connectivity index (χ1n) is 9.33. The van der Waals surface area contributed by atoms with Crippen LogP contribution in [0.25, 0.3) is 55.2 Å². The van der Waals surface area contributed by atoms with Gasteiger partial charge in [0.1, 0.15) is 22.8 Å². The molecule has 8 heteroatoms. The van der Waals surface area contributed by atoms with Gasteiger partial charge in [0.2, 0.25) is 0 Å². The van der Waals surface area contributed by atoms with Gasteiger partial charge in [0.15, 0.2) is 0 Å². The number of H-pyrrole nitrogens is 2. The van der Waals surface area contributed by atoms with E-state index in [4.69, 9.17) is 8.83 Å². The smallest absolute Gasteiger partial charge is 0.344 e. The molecule has 0 amide bonds. The lowest BCUT2D eigenvalue weighted by molar-refractivity contribution is 0.557. The van der Waals surface area contributed by atoms with Crippen molar-refractivity contribution in [3.8, 4) is 22.5 Å². The fraction of sp³-hybridized carbons (Fsp3) is 0.0909. The van der Waals surface area contributed by atoms with Crippen LogP contribution < -0.4 is 11.3 Å². The number of aryl methyl sites for hydroxylation is 2. The van der Waals surface area contributed by atoms with E-state index in [1.807, 2.05) is 13.8 Å². The van der Waals surface area contributed by atoms with Crippen molar-refractivity contribution in [1.29, 1.82) is 0 Å². The number of nitrogens with zero attached hydrogens (tertiary/aromatic N) is 2. The fourth-order valence-electron chi connectivity index (χ4n) is 3.99. The maximum atomic E-state index is 12.9. The largest absolute Gasteiger partial charge is 0.422 e. The Morgan fingerprint density at radius 2 is 1.17 bits per heavy atom. The molecule has 0 spiro atoms. The maximum absolute atomic E-state index is 12.9. The molecule has 0 atom stereocenters. The molecule has 0 aliphatic heterocycles. The fourth-order valence-corrected chi connectivity index (χ4v) is 3.99. The van der Waals surface area contributed by atoms with Crippen LogP contribution in [0.1, 0.15) is 11.6 Å². The third-order valence-corrected chi connectivity index (χ3v) is 5.33. The zero-order chi connectivity index (χ0) is 20.6. The van der Waals surface area contributed by atoms with Crippen LogP contribution in [0, 0.1) is 13.8 Å². The van der Waals surface area contributed by atoms with E-state index in [0.29, 0.717) is 49.5 Å². The van der Waals surface area contributed by atoms with Crippen molar-refractivity contribution in [2.24, 2.45) is 0 Å². The number of aromatic nitrogens is 4. The number of nitrogens with one attached hydrogen (secondary N) is 2. The Labute approximate surface area is 167 Å². The first-order chi connectivity index (χ1) is 14.5. The summed E-state index contributed by atoms with van der Waals surface area (Å²) in [4.78, 5) is 40.4. The average Bonchev–Trinajstić information content (AvgIpc) is 3.35. The van der Waals surface area contributed by atoms with Gasteiger partial charge in [-0.25, -0.2) is 19.6 Å². The van der Waals surface area contributed by atoms with Crippen molar-refractivity contribution in [3.63, 3.8) is 0 Å². The Morgan fingerprint density at radius 1 is 0.700 bits per heavy atom. The molecular weight excluding hydrogens is 384 g/mol. The molecular formula is C22H14N4O4. The summed E-state index contributed by atoms with van der Waals surface area (Å²) in [6.07, 6.45) is 3.33. The van der Waals surface area contributed by atoms with Gasteiger partial charge in [-0.1, -0.05) is 0 Å². The van der Waals surface area contributed by atoms with Gasteiger partial charge in [0, 0.05) is 16.5 Å². The summed E-state index contributed by atoms with van der Waals surface area (Å²) in [6.45, 7) is 3.67. The number of imidazole rings is 2. The van der Waals surface area contributed by atoms with E-state index in [1.54, 1.807) is 36.7 Å². The van der Waals surface area contributed by atoms with Crippen molar-refractivity contribution in [3.05, 3.63) is 69.1 Å². The number of aromatic amines is 2. The summed E-state index contributed by atoms with van der Waals surface area (Å²) in [5.41, 5.74) is 2.48. The number of hydrogen-bond donors (Lipinski definition) is 2. The van der Waals surface area contributed by atoms with Gasteiger partial charge >= 0.3 is 11.3 Å². The van der Waals surface area contributed by atoms with Crippen LogP contribution in [0.3, 0.4) is 0 Å². The predicted octanol–water partition coefficient (Wildman–Crippen LogP) is 3.89. The summed E-state index contributed by atoms with van der Waals surface area (Å²) < 4.78 is 11.3. The van der Waals surface area contributed by atoms with E-state index in [1.165, 1.54) is 0 Å². The molecule has 4 heterocycles. The molecule has 8 nitrogen and oxygen atoms in total. The zero-order valence-corrected chi connectivity index (χ0v) is 16.0. The summed E-state index contributed by atoms with van der Waals surface area (Å²) >= 11 is 0. The van der Waals surface area contributed by atoms with Gasteiger partial charge < -0.3 is 18.8 Å². The van der Waals surface area contributed by atoms with Gasteiger partial charge in [-0.2, -0.15) is 0 Å². The Morgan fingerprint density at radius 3 is 1.60 bits per heavy atom. The Bertz CT molecular complexity index is 1640. The summed E-state index contributed by atoms with van der Waals surface area (Å²) in [7, 11) is 0. The van der Waals surface area contributed by atoms with Gasteiger partial charge in [-0.15, -0.1) is 0 Å². The number of hydrogen-bond acceptors (Lipinski definition) is 6. The molecule has 0 aliphatic rings. The first-order valence-corrected chi connectivity index (χ1v) is 9.33. The number of rotatable bonds is 2. The van der Waals surface area contributed by atoms with E-state index < -0.39 is 11.3 Å². The van der Waals surface area contributed by atoms with Crippen LogP contribution in [-0.4, -0.2) is 19.9 Å². The molecule has 6 rings (SSSR count). The molecule has 30 heavy (non-hydrogen) atoms. The van der Waals surface area contributed by atoms with Gasteiger partial charge in [-0.05, 0) is 38.1 Å².